The van der Waals surface area contributed by atoms with Crippen LogP contribution >= 0.6 is 0 Å². The van der Waals surface area contributed by atoms with Gasteiger partial charge >= 0.3 is 6.03 Å². The number of amides is 2. The molecule has 0 aliphatic carbocycles. The van der Waals surface area contributed by atoms with Crippen molar-refractivity contribution in [3.63, 3.8) is 0 Å². The molecule has 1 aromatic carbocycles. The van der Waals surface area contributed by atoms with Crippen molar-refractivity contribution >= 4 is 11.7 Å². The molecular formula is C13H20FN3O. The molecule has 18 heavy (non-hydrogen) atoms. The second kappa shape index (κ2) is 7.66. The van der Waals surface area contributed by atoms with Crippen molar-refractivity contribution in [1.82, 2.24) is 10.2 Å². The fraction of sp³-hybridized carbons (Fsp3) is 0.462. The van der Waals surface area contributed by atoms with Gasteiger partial charge in [-0.15, -0.1) is 0 Å². The average molecular weight is 253 g/mol. The van der Waals surface area contributed by atoms with Crippen molar-refractivity contribution in [3.05, 3.63) is 30.1 Å². The zero-order chi connectivity index (χ0) is 13.4. The van der Waals surface area contributed by atoms with Crippen molar-refractivity contribution in [3.8, 4) is 0 Å². The summed E-state index contributed by atoms with van der Waals surface area (Å²) in [5.74, 6) is -0.434. The van der Waals surface area contributed by atoms with Gasteiger partial charge in [0.1, 0.15) is 5.82 Å². The largest absolute Gasteiger partial charge is 0.337 e. The lowest BCUT2D eigenvalue weighted by atomic mass is 10.3. The fourth-order valence-corrected chi connectivity index (χ4v) is 1.60. The maximum absolute atomic E-state index is 13.3. The van der Waals surface area contributed by atoms with Crippen LogP contribution in [-0.2, 0) is 0 Å². The van der Waals surface area contributed by atoms with Crippen molar-refractivity contribution in [2.24, 2.45) is 0 Å². The summed E-state index contributed by atoms with van der Waals surface area (Å²) in [5, 5.41) is 5.18. The van der Waals surface area contributed by atoms with Crippen LogP contribution in [0.2, 0.25) is 0 Å². The Morgan fingerprint density at radius 2 is 1.94 bits per heavy atom. The average Bonchev–Trinajstić information content (AvgIpc) is 2.37. The predicted octanol–water partition coefficient (Wildman–Crippen LogP) is 2.29. The highest BCUT2D eigenvalue weighted by molar-refractivity contribution is 5.89. The molecule has 1 rings (SSSR count). The lowest BCUT2D eigenvalue weighted by Gasteiger charge is -2.18. The highest BCUT2D eigenvalue weighted by Gasteiger charge is 2.05. The number of hydrogen-bond acceptors (Lipinski definition) is 2. The summed E-state index contributed by atoms with van der Waals surface area (Å²) in [6.45, 7) is 7.38. The molecule has 0 unspecified atom stereocenters. The molecule has 0 fully saturated rings. The highest BCUT2D eigenvalue weighted by Crippen LogP contribution is 2.11. The van der Waals surface area contributed by atoms with Crippen molar-refractivity contribution in [2.75, 3.05) is 31.5 Å². The van der Waals surface area contributed by atoms with Crippen molar-refractivity contribution in [2.45, 2.75) is 13.8 Å². The number of anilines is 1. The smallest absolute Gasteiger partial charge is 0.319 e. The molecule has 0 aliphatic rings. The third kappa shape index (κ3) is 4.71. The van der Waals surface area contributed by atoms with Crippen LogP contribution in [0.1, 0.15) is 13.8 Å². The Morgan fingerprint density at radius 1 is 1.28 bits per heavy atom. The number of benzene rings is 1. The minimum absolute atomic E-state index is 0.192. The number of hydrogen-bond donors (Lipinski definition) is 2. The SMILES string of the molecule is CCN(CC)CCNC(=O)Nc1ccccc1F. The number of urea groups is 1. The molecule has 2 amide bonds. The fourth-order valence-electron chi connectivity index (χ4n) is 1.60. The van der Waals surface area contributed by atoms with Crippen LogP contribution in [-0.4, -0.2) is 37.1 Å². The number of carbonyl (C=O) groups is 1. The van der Waals surface area contributed by atoms with E-state index in [-0.39, 0.29) is 11.7 Å². The maximum atomic E-state index is 13.3. The minimum atomic E-state index is -0.434. The van der Waals surface area contributed by atoms with Gasteiger partial charge in [-0.3, -0.25) is 0 Å². The van der Waals surface area contributed by atoms with E-state index in [9.17, 15) is 9.18 Å². The highest BCUT2D eigenvalue weighted by atomic mass is 19.1. The molecule has 0 atom stereocenters. The molecule has 1 aromatic rings. The minimum Gasteiger partial charge on any atom is -0.337 e. The molecule has 0 saturated heterocycles. The van der Waals surface area contributed by atoms with Crippen LogP contribution in [0.25, 0.3) is 0 Å². The predicted molar refractivity (Wildman–Crippen MR) is 71.2 cm³/mol. The Hall–Kier alpha value is -1.62. The molecule has 0 saturated carbocycles. The Balaban J connectivity index is 2.32. The van der Waals surface area contributed by atoms with E-state index in [1.165, 1.54) is 12.1 Å². The Labute approximate surface area is 107 Å². The summed E-state index contributed by atoms with van der Waals surface area (Å²) < 4.78 is 13.3. The van der Waals surface area contributed by atoms with Gasteiger partial charge in [0.2, 0.25) is 0 Å². The molecule has 0 bridgehead atoms. The zero-order valence-electron chi connectivity index (χ0n) is 10.9. The first-order chi connectivity index (χ1) is 8.67. The second-order valence-corrected chi connectivity index (χ2v) is 3.89. The van der Waals surface area contributed by atoms with Crippen LogP contribution in [0.4, 0.5) is 14.9 Å². The molecule has 0 spiro atoms. The third-order valence-corrected chi connectivity index (χ3v) is 2.73. The Bertz CT molecular complexity index is 380. The number of rotatable bonds is 6. The first-order valence-electron chi connectivity index (χ1n) is 6.19. The molecular weight excluding hydrogens is 233 g/mol. The topological polar surface area (TPSA) is 44.4 Å². The number of likely N-dealkylation sites (N-methyl/N-ethyl adjacent to an activating group) is 1. The van der Waals surface area contributed by atoms with E-state index in [0.717, 1.165) is 19.6 Å². The number of carbonyl (C=O) groups excluding carboxylic acids is 1. The second-order valence-electron chi connectivity index (χ2n) is 3.89. The van der Waals surface area contributed by atoms with E-state index in [1.807, 2.05) is 0 Å². The van der Waals surface area contributed by atoms with Crippen LogP contribution < -0.4 is 10.6 Å². The summed E-state index contributed by atoms with van der Waals surface area (Å²) in [6.07, 6.45) is 0. The van der Waals surface area contributed by atoms with E-state index in [2.05, 4.69) is 29.4 Å². The molecule has 0 aromatic heterocycles. The van der Waals surface area contributed by atoms with Gasteiger partial charge in [-0.1, -0.05) is 26.0 Å². The standard InChI is InChI=1S/C13H20FN3O/c1-3-17(4-2)10-9-15-13(18)16-12-8-6-5-7-11(12)14/h5-8H,3-4,9-10H2,1-2H3,(H2,15,16,18). The van der Waals surface area contributed by atoms with E-state index in [4.69, 9.17) is 0 Å². The third-order valence-electron chi connectivity index (χ3n) is 2.73. The Morgan fingerprint density at radius 3 is 2.56 bits per heavy atom. The molecule has 0 heterocycles. The molecule has 0 radical (unpaired) electrons. The lowest BCUT2D eigenvalue weighted by molar-refractivity contribution is 0.247. The first-order valence-corrected chi connectivity index (χ1v) is 6.19. The maximum Gasteiger partial charge on any atom is 0.319 e. The molecule has 100 valence electrons. The first kappa shape index (κ1) is 14.4. The quantitative estimate of drug-likeness (QED) is 0.817. The summed E-state index contributed by atoms with van der Waals surface area (Å²) in [5.41, 5.74) is 0.192. The van der Waals surface area contributed by atoms with Crippen molar-refractivity contribution in [1.29, 1.82) is 0 Å². The van der Waals surface area contributed by atoms with Gasteiger partial charge in [-0.2, -0.15) is 0 Å². The van der Waals surface area contributed by atoms with Gasteiger partial charge in [0.15, 0.2) is 0 Å². The monoisotopic (exact) mass is 253 g/mol. The van der Waals surface area contributed by atoms with Gasteiger partial charge < -0.3 is 15.5 Å². The number of nitrogens with one attached hydrogen (secondary N) is 2. The van der Waals surface area contributed by atoms with Crippen LogP contribution in [0.3, 0.4) is 0 Å². The normalized spacial score (nSPS) is 10.4. The van der Waals surface area contributed by atoms with Crippen molar-refractivity contribution < 1.29 is 9.18 Å². The van der Waals surface area contributed by atoms with Crippen LogP contribution in [0.5, 0.6) is 0 Å². The molecule has 0 aliphatic heterocycles. The van der Waals surface area contributed by atoms with Gasteiger partial charge in [0.25, 0.3) is 0 Å². The molecule has 5 heteroatoms. The van der Waals surface area contributed by atoms with E-state index >= 15 is 0 Å². The van der Waals surface area contributed by atoms with Gasteiger partial charge in [0.05, 0.1) is 5.69 Å². The van der Waals surface area contributed by atoms with Gasteiger partial charge in [-0.25, -0.2) is 9.18 Å². The Kier molecular flexibility index (Phi) is 6.14. The van der Waals surface area contributed by atoms with E-state index < -0.39 is 5.82 Å². The lowest BCUT2D eigenvalue weighted by Crippen LogP contribution is -2.37. The van der Waals surface area contributed by atoms with E-state index in [0.29, 0.717) is 6.54 Å². The molecule has 2 N–H and O–H groups in total. The summed E-state index contributed by atoms with van der Waals surface area (Å²) >= 11 is 0. The van der Waals surface area contributed by atoms with Crippen LogP contribution in [0, 0.1) is 5.82 Å². The van der Waals surface area contributed by atoms with Crippen LogP contribution in [0.15, 0.2) is 24.3 Å². The molecule has 4 nitrogen and oxygen atoms in total. The number of halogens is 1. The number of nitrogens with zero attached hydrogens (tertiary/aromatic N) is 1. The zero-order valence-corrected chi connectivity index (χ0v) is 10.9. The summed E-state index contributed by atoms with van der Waals surface area (Å²) in [7, 11) is 0. The summed E-state index contributed by atoms with van der Waals surface area (Å²) in [4.78, 5) is 13.7. The summed E-state index contributed by atoms with van der Waals surface area (Å²) in [6, 6.07) is 5.71. The van der Waals surface area contributed by atoms with E-state index in [1.54, 1.807) is 12.1 Å². The van der Waals surface area contributed by atoms with Gasteiger partial charge in [0, 0.05) is 13.1 Å². The van der Waals surface area contributed by atoms with Gasteiger partial charge in [-0.05, 0) is 25.2 Å². The number of para-hydroxylation sites is 1.